The highest BCUT2D eigenvalue weighted by atomic mass is 32.2. The molecule has 0 aliphatic heterocycles. The Morgan fingerprint density at radius 1 is 0.824 bits per heavy atom. The molecule has 0 spiro atoms. The molecule has 0 aliphatic rings. The molecule has 0 saturated carbocycles. The number of rotatable bonds is 6. The highest BCUT2D eigenvalue weighted by molar-refractivity contribution is 7.73. The molecule has 0 radical (unpaired) electrons. The van der Waals surface area contributed by atoms with Crippen LogP contribution in [0.25, 0.3) is 0 Å². The van der Waals surface area contributed by atoms with Crippen molar-refractivity contribution < 1.29 is 55.6 Å². The third kappa shape index (κ3) is 7.08. The van der Waals surface area contributed by atoms with Crippen molar-refractivity contribution in [2.45, 2.75) is 36.4 Å². The smallest absolute Gasteiger partial charge is 0.422 e. The molecular formula is C16H16F6N2O6S4. The minimum absolute atomic E-state index is 0.0764. The maximum Gasteiger partial charge on any atom is 0.422 e. The van der Waals surface area contributed by atoms with Gasteiger partial charge in [0, 0.05) is 12.4 Å². The molecule has 0 aromatic carbocycles. The zero-order chi connectivity index (χ0) is 26.5. The molecule has 2 aromatic heterocycles. The molecule has 0 saturated heterocycles. The summed E-state index contributed by atoms with van der Waals surface area (Å²) >= 11 is 10.4. The Morgan fingerprint density at radius 3 is 1.29 bits per heavy atom. The normalized spacial score (nSPS) is 15.4. The van der Waals surface area contributed by atoms with Crippen LogP contribution >= 0.6 is 47.1 Å². The van der Waals surface area contributed by atoms with Crippen LogP contribution in [0.15, 0.2) is 12.4 Å². The van der Waals surface area contributed by atoms with E-state index in [1.165, 1.54) is 0 Å². The van der Waals surface area contributed by atoms with Gasteiger partial charge >= 0.3 is 24.3 Å². The van der Waals surface area contributed by atoms with Gasteiger partial charge in [-0.05, 0) is 24.4 Å². The summed E-state index contributed by atoms with van der Waals surface area (Å²) in [5.41, 5.74) is -6.56. The van der Waals surface area contributed by atoms with Gasteiger partial charge in [-0.3, -0.25) is 9.59 Å². The average Bonchev–Trinajstić information content (AvgIpc) is 3.35. The number of hydrogen-bond acceptors (Lipinski definition) is 10. The van der Waals surface area contributed by atoms with Crippen LogP contribution in [0, 0.1) is 7.91 Å². The first kappa shape index (κ1) is 30.2. The van der Waals surface area contributed by atoms with Crippen LogP contribution in [0.5, 0.6) is 0 Å². The van der Waals surface area contributed by atoms with Crippen molar-refractivity contribution in [3.05, 3.63) is 30.1 Å². The maximum atomic E-state index is 12.8. The zero-order valence-electron chi connectivity index (χ0n) is 17.0. The largest absolute Gasteiger partial charge is 0.469 e. The number of aliphatic hydroxyl groups is 2. The van der Waals surface area contributed by atoms with E-state index in [2.05, 4.69) is 43.9 Å². The number of hydrogen-bond donors (Lipinski definition) is 4. The molecule has 18 heteroatoms. The van der Waals surface area contributed by atoms with Crippen LogP contribution in [0.4, 0.5) is 26.3 Å². The first-order valence-corrected chi connectivity index (χ1v) is 11.0. The quantitative estimate of drug-likeness (QED) is 0.230. The molecule has 0 amide bonds. The summed E-state index contributed by atoms with van der Waals surface area (Å²) < 4.78 is 85.2. The van der Waals surface area contributed by atoms with Gasteiger partial charge in [0.05, 0.1) is 36.8 Å². The van der Waals surface area contributed by atoms with E-state index < -0.39 is 58.1 Å². The second kappa shape index (κ2) is 11.3. The number of nitrogens with one attached hydrogen (secondary N) is 2. The second-order valence-corrected chi connectivity index (χ2v) is 9.74. The number of aromatic nitrogens is 2. The molecule has 0 aliphatic carbocycles. The first-order valence-electron chi connectivity index (χ1n) is 8.51. The molecule has 0 unspecified atom stereocenters. The van der Waals surface area contributed by atoms with E-state index in [9.17, 15) is 46.1 Å². The summed E-state index contributed by atoms with van der Waals surface area (Å²) in [6, 6.07) is 0. The van der Waals surface area contributed by atoms with Gasteiger partial charge < -0.3 is 29.7 Å². The van der Waals surface area contributed by atoms with Crippen molar-refractivity contribution in [3.8, 4) is 0 Å². The number of methoxy groups -OCH3 is 2. The van der Waals surface area contributed by atoms with Crippen LogP contribution in [0.2, 0.25) is 0 Å². The van der Waals surface area contributed by atoms with Crippen molar-refractivity contribution in [2.75, 3.05) is 14.2 Å². The number of aromatic amines is 2. The predicted octanol–water partition coefficient (Wildman–Crippen LogP) is 4.24. The van der Waals surface area contributed by atoms with Gasteiger partial charge in [-0.15, -0.1) is 22.7 Å². The van der Waals surface area contributed by atoms with Gasteiger partial charge in [-0.2, -0.15) is 26.3 Å². The lowest BCUT2D eigenvalue weighted by atomic mass is 9.97. The zero-order valence-corrected chi connectivity index (χ0v) is 20.3. The Hall–Kier alpha value is -1.86. The number of carbonyl (C=O) groups is 2. The Kier molecular flexibility index (Phi) is 9.99. The fraction of sp³-hybridized carbons (Fsp3) is 0.500. The second-order valence-electron chi connectivity index (χ2n) is 6.31. The number of alkyl halides is 6. The summed E-state index contributed by atoms with van der Waals surface area (Å²) in [5, 5.41) is 19.3. The van der Waals surface area contributed by atoms with E-state index in [-0.39, 0.29) is 7.91 Å². The van der Waals surface area contributed by atoms with Crippen LogP contribution in [-0.4, -0.2) is 58.7 Å². The Morgan fingerprint density at radius 2 is 1.12 bits per heavy atom. The van der Waals surface area contributed by atoms with E-state index in [0.29, 0.717) is 22.7 Å². The first-order chi connectivity index (χ1) is 15.4. The molecule has 2 atom stereocenters. The lowest BCUT2D eigenvalue weighted by Crippen LogP contribution is -2.43. The summed E-state index contributed by atoms with van der Waals surface area (Å²) in [6.45, 7) is 0. The van der Waals surface area contributed by atoms with Crippen LogP contribution in [0.1, 0.15) is 22.6 Å². The van der Waals surface area contributed by atoms with Gasteiger partial charge in [0.15, 0.2) is 7.91 Å². The van der Waals surface area contributed by atoms with Crippen molar-refractivity contribution in [1.82, 2.24) is 9.97 Å². The lowest BCUT2D eigenvalue weighted by Gasteiger charge is -2.27. The summed E-state index contributed by atoms with van der Waals surface area (Å²) in [7, 11) is 1.89. The molecule has 2 heterocycles. The van der Waals surface area contributed by atoms with Crippen LogP contribution < -0.4 is 0 Å². The molecule has 2 aromatic rings. The number of H-pyrrole nitrogens is 2. The van der Waals surface area contributed by atoms with Crippen molar-refractivity contribution in [1.29, 1.82) is 0 Å². The third-order valence-electron chi connectivity index (χ3n) is 4.06. The number of thiazole rings is 2. The van der Waals surface area contributed by atoms with Crippen LogP contribution in [0.3, 0.4) is 0 Å². The molecule has 34 heavy (non-hydrogen) atoms. The summed E-state index contributed by atoms with van der Waals surface area (Å²) in [6.07, 6.45) is -10.6. The number of esters is 2. The van der Waals surface area contributed by atoms with E-state index in [0.717, 1.165) is 26.6 Å². The van der Waals surface area contributed by atoms with E-state index in [4.69, 9.17) is 0 Å². The molecule has 8 nitrogen and oxygen atoms in total. The highest BCUT2D eigenvalue weighted by Crippen LogP contribution is 2.44. The fourth-order valence-corrected chi connectivity index (χ4v) is 4.43. The third-order valence-corrected chi connectivity index (χ3v) is 6.75. The number of carbonyl (C=O) groups excluding carboxylic acids is 2. The summed E-state index contributed by atoms with van der Waals surface area (Å²) in [4.78, 5) is 25.7. The van der Waals surface area contributed by atoms with Gasteiger partial charge in [0.2, 0.25) is 11.2 Å². The fourth-order valence-electron chi connectivity index (χ4n) is 2.19. The van der Waals surface area contributed by atoms with E-state index in [1.807, 2.05) is 0 Å². The monoisotopic (exact) mass is 574 g/mol. The van der Waals surface area contributed by atoms with Gasteiger partial charge in [0.1, 0.15) is 0 Å². The highest BCUT2D eigenvalue weighted by Gasteiger charge is 2.58. The van der Waals surface area contributed by atoms with E-state index in [1.54, 1.807) is 0 Å². The minimum Gasteiger partial charge on any atom is -0.469 e. The Labute approximate surface area is 205 Å². The predicted molar refractivity (Wildman–Crippen MR) is 112 cm³/mol. The van der Waals surface area contributed by atoms with Gasteiger partial charge in [0.25, 0.3) is 0 Å². The van der Waals surface area contributed by atoms with Crippen molar-refractivity contribution in [3.63, 3.8) is 0 Å². The molecule has 192 valence electrons. The minimum atomic E-state index is -5.00. The number of halogens is 6. The molecule has 2 rings (SSSR count). The van der Waals surface area contributed by atoms with E-state index >= 15 is 0 Å². The topological polar surface area (TPSA) is 125 Å². The molecule has 0 bridgehead atoms. The van der Waals surface area contributed by atoms with Crippen molar-refractivity contribution in [2.24, 2.45) is 0 Å². The molecular weight excluding hydrogens is 558 g/mol. The lowest BCUT2D eigenvalue weighted by molar-refractivity contribution is -0.268. The average molecular weight is 575 g/mol. The number of ether oxygens (including phenoxy) is 2. The maximum absolute atomic E-state index is 12.8. The molecule has 4 N–H and O–H groups in total. The Bertz CT molecular complexity index is 1020. The summed E-state index contributed by atoms with van der Waals surface area (Å²) in [5.74, 6) is -2.33. The van der Waals surface area contributed by atoms with Gasteiger partial charge in [-0.1, -0.05) is 0 Å². The standard InChI is InChI=1S/2C8H8F3NO3S2/c2*1-15-5(13)2-7(14,8(9,10)11)4-3-12-6(16)17-4/h2*3,14H,2H2,1H3,(H,12,16)/t2*7-/m10/s1. The molecule has 0 fully saturated rings. The van der Waals surface area contributed by atoms with Crippen molar-refractivity contribution >= 4 is 59.0 Å². The SMILES string of the molecule is COC(=O)C[C@@](O)(c1c[nH]c(=S)s1)C(F)(F)F.COC(=O)C[C@](O)(c1c[nH]c(=S)s1)C(F)(F)F. The van der Waals surface area contributed by atoms with Gasteiger partial charge in [-0.25, -0.2) is 0 Å². The van der Waals surface area contributed by atoms with Crippen LogP contribution in [-0.2, 0) is 30.3 Å². The Balaban J connectivity index is 0.000000340.